The summed E-state index contributed by atoms with van der Waals surface area (Å²) < 4.78 is 7.72. The summed E-state index contributed by atoms with van der Waals surface area (Å²) in [5, 5.41) is 4.17. The van der Waals surface area contributed by atoms with Crippen LogP contribution in [0.3, 0.4) is 0 Å². The van der Waals surface area contributed by atoms with Gasteiger partial charge in [-0.2, -0.15) is 5.10 Å². The molecule has 1 amide bonds. The Morgan fingerprint density at radius 3 is 2.38 bits per heavy atom. The molecule has 0 aromatic heterocycles. The number of aryl methyl sites for hydroxylation is 1. The fourth-order valence-corrected chi connectivity index (χ4v) is 4.17. The lowest BCUT2D eigenvalue weighted by Crippen LogP contribution is -2.19. The molecule has 2 aromatic rings. The molecule has 26 heavy (non-hydrogen) atoms. The van der Waals surface area contributed by atoms with Crippen molar-refractivity contribution in [2.75, 3.05) is 0 Å². The van der Waals surface area contributed by atoms with Crippen LogP contribution in [0.5, 0.6) is 5.75 Å². The number of benzene rings is 2. The van der Waals surface area contributed by atoms with Crippen LogP contribution in [0.1, 0.15) is 41.3 Å². The van der Waals surface area contributed by atoms with E-state index in [0.717, 1.165) is 31.5 Å². The van der Waals surface area contributed by atoms with Gasteiger partial charge in [0.1, 0.15) is 12.4 Å². The van der Waals surface area contributed by atoms with Crippen molar-refractivity contribution in [3.63, 3.8) is 0 Å². The lowest BCUT2D eigenvalue weighted by molar-refractivity contribution is 0.0954. The average molecular weight is 480 g/mol. The van der Waals surface area contributed by atoms with Crippen LogP contribution in [0.2, 0.25) is 0 Å². The van der Waals surface area contributed by atoms with E-state index in [1.54, 1.807) is 12.1 Å². The first-order chi connectivity index (χ1) is 12.4. The maximum atomic E-state index is 12.1. The van der Waals surface area contributed by atoms with Crippen molar-refractivity contribution in [1.29, 1.82) is 0 Å². The maximum Gasteiger partial charge on any atom is 0.271 e. The standard InChI is InChI=1S/C20H20Br2N2O2/c1-12-9-17(21)19(18(22)10-12)26-11-14-3-5-16(6-4-14)20(25)24-23-13(2)15-7-8-15/h3-6,9-10,15H,7-8,11H2,1-2H3,(H,24,25)/b23-13+. The van der Waals surface area contributed by atoms with Crippen LogP contribution in [0.15, 0.2) is 50.4 Å². The van der Waals surface area contributed by atoms with Gasteiger partial charge >= 0.3 is 0 Å². The Morgan fingerprint density at radius 1 is 1.19 bits per heavy atom. The quantitative estimate of drug-likeness (QED) is 0.432. The summed E-state index contributed by atoms with van der Waals surface area (Å²) in [4.78, 5) is 12.1. The Bertz CT molecular complexity index is 820. The molecule has 3 rings (SSSR count). The van der Waals surface area contributed by atoms with Gasteiger partial charge in [0.15, 0.2) is 0 Å². The molecule has 4 nitrogen and oxygen atoms in total. The Balaban J connectivity index is 1.59. The van der Waals surface area contributed by atoms with Crippen LogP contribution in [-0.2, 0) is 6.61 Å². The molecule has 0 radical (unpaired) electrons. The third-order valence-corrected chi connectivity index (χ3v) is 5.42. The number of amides is 1. The fraction of sp³-hybridized carbons (Fsp3) is 0.300. The number of hydrogen-bond acceptors (Lipinski definition) is 3. The second-order valence-electron chi connectivity index (χ2n) is 6.51. The van der Waals surface area contributed by atoms with Gasteiger partial charge in [0.2, 0.25) is 0 Å². The number of nitrogens with zero attached hydrogens (tertiary/aromatic N) is 1. The molecule has 0 unspecified atom stereocenters. The Hall–Kier alpha value is -1.66. The van der Waals surface area contributed by atoms with Gasteiger partial charge in [-0.1, -0.05) is 12.1 Å². The van der Waals surface area contributed by atoms with E-state index in [9.17, 15) is 4.79 Å². The third kappa shape index (κ3) is 4.95. The van der Waals surface area contributed by atoms with E-state index in [1.807, 2.05) is 38.1 Å². The van der Waals surface area contributed by atoms with Gasteiger partial charge in [-0.3, -0.25) is 4.79 Å². The zero-order valence-electron chi connectivity index (χ0n) is 14.7. The predicted molar refractivity (Wildman–Crippen MR) is 111 cm³/mol. The minimum absolute atomic E-state index is 0.193. The SMILES string of the molecule is C/C(=N\NC(=O)c1ccc(COc2c(Br)cc(C)cc2Br)cc1)C1CC1. The van der Waals surface area contributed by atoms with E-state index in [0.29, 0.717) is 18.1 Å². The first-order valence-electron chi connectivity index (χ1n) is 8.46. The zero-order chi connectivity index (χ0) is 18.7. The highest BCUT2D eigenvalue weighted by Crippen LogP contribution is 2.35. The van der Waals surface area contributed by atoms with Crippen LogP contribution in [0.4, 0.5) is 0 Å². The number of halogens is 2. The van der Waals surface area contributed by atoms with E-state index >= 15 is 0 Å². The first kappa shape index (κ1) is 19.1. The Kier molecular flexibility index (Phi) is 6.14. The number of ether oxygens (including phenoxy) is 1. The molecular weight excluding hydrogens is 460 g/mol. The largest absolute Gasteiger partial charge is 0.487 e. The summed E-state index contributed by atoms with van der Waals surface area (Å²) in [6.45, 7) is 4.40. The van der Waals surface area contributed by atoms with Crippen molar-refractivity contribution in [3.05, 3.63) is 62.0 Å². The van der Waals surface area contributed by atoms with Crippen molar-refractivity contribution in [2.24, 2.45) is 11.0 Å². The van der Waals surface area contributed by atoms with E-state index < -0.39 is 0 Å². The van der Waals surface area contributed by atoms with Gasteiger partial charge in [-0.05, 0) is 99.9 Å². The topological polar surface area (TPSA) is 50.7 Å². The van der Waals surface area contributed by atoms with E-state index in [2.05, 4.69) is 42.4 Å². The van der Waals surface area contributed by atoms with Gasteiger partial charge < -0.3 is 4.74 Å². The number of carbonyl (C=O) groups excluding carboxylic acids is 1. The number of carbonyl (C=O) groups is 1. The monoisotopic (exact) mass is 478 g/mol. The molecule has 6 heteroatoms. The molecule has 1 aliphatic carbocycles. The summed E-state index contributed by atoms with van der Waals surface area (Å²) >= 11 is 7.05. The van der Waals surface area contributed by atoms with Crippen molar-refractivity contribution in [2.45, 2.75) is 33.3 Å². The van der Waals surface area contributed by atoms with Crippen molar-refractivity contribution in [1.82, 2.24) is 5.43 Å². The molecule has 0 saturated heterocycles. The van der Waals surface area contributed by atoms with Gasteiger partial charge in [0.25, 0.3) is 5.91 Å². The molecule has 1 aliphatic rings. The summed E-state index contributed by atoms with van der Waals surface area (Å²) in [7, 11) is 0. The molecule has 0 bridgehead atoms. The molecule has 1 N–H and O–H groups in total. The fourth-order valence-electron chi connectivity index (χ4n) is 2.53. The van der Waals surface area contributed by atoms with Crippen LogP contribution in [-0.4, -0.2) is 11.6 Å². The van der Waals surface area contributed by atoms with E-state index in [1.165, 1.54) is 12.8 Å². The highest BCUT2D eigenvalue weighted by molar-refractivity contribution is 9.11. The van der Waals surface area contributed by atoms with Gasteiger partial charge in [0.05, 0.1) is 8.95 Å². The minimum atomic E-state index is -0.193. The van der Waals surface area contributed by atoms with Crippen LogP contribution in [0, 0.1) is 12.8 Å². The number of nitrogens with one attached hydrogen (secondary N) is 1. The number of hydrogen-bond donors (Lipinski definition) is 1. The second-order valence-corrected chi connectivity index (χ2v) is 8.22. The smallest absolute Gasteiger partial charge is 0.271 e. The van der Waals surface area contributed by atoms with Gasteiger partial charge in [0, 0.05) is 11.3 Å². The minimum Gasteiger partial charge on any atom is -0.487 e. The maximum absolute atomic E-state index is 12.1. The Labute approximate surface area is 170 Å². The summed E-state index contributed by atoms with van der Waals surface area (Å²) in [5.74, 6) is 1.12. The molecule has 0 spiro atoms. The van der Waals surface area contributed by atoms with E-state index in [-0.39, 0.29) is 5.91 Å². The van der Waals surface area contributed by atoms with E-state index in [4.69, 9.17) is 4.74 Å². The highest BCUT2D eigenvalue weighted by Gasteiger charge is 2.24. The van der Waals surface area contributed by atoms with Gasteiger partial charge in [-0.25, -0.2) is 5.43 Å². The molecule has 0 heterocycles. The molecular formula is C20H20Br2N2O2. The lowest BCUT2D eigenvalue weighted by Gasteiger charge is -2.11. The first-order valence-corrected chi connectivity index (χ1v) is 10.0. The normalized spacial score (nSPS) is 14.2. The summed E-state index contributed by atoms with van der Waals surface area (Å²) in [6.07, 6.45) is 2.35. The molecule has 2 aromatic carbocycles. The number of hydrazone groups is 1. The van der Waals surface area contributed by atoms with Gasteiger partial charge in [-0.15, -0.1) is 0 Å². The van der Waals surface area contributed by atoms with Crippen molar-refractivity contribution >= 4 is 43.5 Å². The molecule has 1 fully saturated rings. The predicted octanol–water partition coefficient (Wildman–Crippen LogP) is 5.61. The summed E-state index contributed by atoms with van der Waals surface area (Å²) in [6, 6.07) is 11.4. The average Bonchev–Trinajstić information content (AvgIpc) is 3.44. The van der Waals surface area contributed by atoms with Crippen molar-refractivity contribution in [3.8, 4) is 5.75 Å². The van der Waals surface area contributed by atoms with Crippen LogP contribution >= 0.6 is 31.9 Å². The molecule has 136 valence electrons. The molecule has 0 aliphatic heterocycles. The molecule has 0 atom stereocenters. The molecule has 1 saturated carbocycles. The van der Waals surface area contributed by atoms with Crippen LogP contribution < -0.4 is 10.2 Å². The van der Waals surface area contributed by atoms with Crippen molar-refractivity contribution < 1.29 is 9.53 Å². The third-order valence-electron chi connectivity index (χ3n) is 4.24. The second kappa shape index (κ2) is 8.35. The zero-order valence-corrected chi connectivity index (χ0v) is 17.9. The van der Waals surface area contributed by atoms with Crippen LogP contribution in [0.25, 0.3) is 0 Å². The summed E-state index contributed by atoms with van der Waals surface area (Å²) in [5.41, 5.74) is 6.33. The lowest BCUT2D eigenvalue weighted by atomic mass is 10.1. The number of rotatable bonds is 6. The Morgan fingerprint density at radius 2 is 1.81 bits per heavy atom. The highest BCUT2D eigenvalue weighted by atomic mass is 79.9.